The van der Waals surface area contributed by atoms with Crippen LogP contribution in [0.4, 0.5) is 5.69 Å². The third kappa shape index (κ3) is 2.48. The summed E-state index contributed by atoms with van der Waals surface area (Å²) in [5.41, 5.74) is 0.530. The van der Waals surface area contributed by atoms with Crippen LogP contribution in [0.2, 0.25) is 0 Å². The van der Waals surface area contributed by atoms with Crippen molar-refractivity contribution < 1.29 is 9.53 Å². The van der Waals surface area contributed by atoms with Crippen LogP contribution < -0.4 is 15.4 Å². The number of rotatable bonds is 4. The van der Waals surface area contributed by atoms with Crippen LogP contribution >= 0.6 is 0 Å². The Morgan fingerprint density at radius 3 is 3.00 bits per heavy atom. The molecule has 4 nitrogen and oxygen atoms in total. The van der Waals surface area contributed by atoms with E-state index in [-0.39, 0.29) is 11.3 Å². The van der Waals surface area contributed by atoms with E-state index in [1.165, 1.54) is 0 Å². The Morgan fingerprint density at radius 2 is 2.39 bits per heavy atom. The molecule has 0 radical (unpaired) electrons. The molecule has 1 aliphatic heterocycles. The summed E-state index contributed by atoms with van der Waals surface area (Å²) >= 11 is 0. The predicted octanol–water partition coefficient (Wildman–Crippen LogP) is 2.02. The fraction of sp³-hybridized carbons (Fsp3) is 0.500. The summed E-state index contributed by atoms with van der Waals surface area (Å²) in [6.45, 7) is 3.75. The van der Waals surface area contributed by atoms with E-state index in [2.05, 4.69) is 17.6 Å². The van der Waals surface area contributed by atoms with Gasteiger partial charge in [0, 0.05) is 18.3 Å². The first kappa shape index (κ1) is 12.9. The lowest BCUT2D eigenvalue weighted by atomic mass is 9.83. The van der Waals surface area contributed by atoms with Crippen LogP contribution in [-0.4, -0.2) is 26.1 Å². The quantitative estimate of drug-likeness (QED) is 0.857. The fourth-order valence-electron chi connectivity index (χ4n) is 2.36. The van der Waals surface area contributed by atoms with Crippen molar-refractivity contribution in [2.75, 3.05) is 25.5 Å². The monoisotopic (exact) mass is 248 g/mol. The molecule has 18 heavy (non-hydrogen) atoms. The molecule has 4 heteroatoms. The zero-order valence-electron chi connectivity index (χ0n) is 11.0. The second kappa shape index (κ2) is 5.40. The SMILES string of the molecule is CCC1(C(=O)Nc2cccc(OC)c2)CCNC1. The van der Waals surface area contributed by atoms with Crippen molar-refractivity contribution in [1.82, 2.24) is 5.32 Å². The molecule has 2 N–H and O–H groups in total. The second-order valence-corrected chi connectivity index (χ2v) is 4.75. The number of carbonyl (C=O) groups is 1. The number of nitrogens with one attached hydrogen (secondary N) is 2. The second-order valence-electron chi connectivity index (χ2n) is 4.75. The topological polar surface area (TPSA) is 50.4 Å². The molecule has 0 spiro atoms. The highest BCUT2D eigenvalue weighted by Gasteiger charge is 2.39. The van der Waals surface area contributed by atoms with Crippen LogP contribution in [0.15, 0.2) is 24.3 Å². The lowest BCUT2D eigenvalue weighted by Crippen LogP contribution is -2.37. The van der Waals surface area contributed by atoms with E-state index < -0.39 is 0 Å². The number of hydrogen-bond donors (Lipinski definition) is 2. The Balaban J connectivity index is 2.10. The van der Waals surface area contributed by atoms with Crippen molar-refractivity contribution in [2.24, 2.45) is 5.41 Å². The van der Waals surface area contributed by atoms with Gasteiger partial charge < -0.3 is 15.4 Å². The summed E-state index contributed by atoms with van der Waals surface area (Å²) < 4.78 is 5.15. The van der Waals surface area contributed by atoms with Gasteiger partial charge in [-0.2, -0.15) is 0 Å². The van der Waals surface area contributed by atoms with E-state index in [4.69, 9.17) is 4.74 Å². The van der Waals surface area contributed by atoms with Gasteiger partial charge >= 0.3 is 0 Å². The van der Waals surface area contributed by atoms with Crippen molar-refractivity contribution in [2.45, 2.75) is 19.8 Å². The number of carbonyl (C=O) groups excluding carboxylic acids is 1. The molecule has 0 bridgehead atoms. The summed E-state index contributed by atoms with van der Waals surface area (Å²) in [5.74, 6) is 0.853. The maximum Gasteiger partial charge on any atom is 0.231 e. The van der Waals surface area contributed by atoms with Gasteiger partial charge in [0.1, 0.15) is 5.75 Å². The predicted molar refractivity (Wildman–Crippen MR) is 71.8 cm³/mol. The smallest absolute Gasteiger partial charge is 0.231 e. The molecule has 1 atom stereocenters. The van der Waals surface area contributed by atoms with Crippen LogP contribution in [0.5, 0.6) is 5.75 Å². The molecule has 1 saturated heterocycles. The number of ether oxygens (including phenoxy) is 1. The maximum absolute atomic E-state index is 12.4. The molecule has 1 aliphatic rings. The van der Waals surface area contributed by atoms with Crippen molar-refractivity contribution in [3.8, 4) is 5.75 Å². The molecule has 2 rings (SSSR count). The number of amides is 1. The minimum atomic E-state index is -0.261. The van der Waals surface area contributed by atoms with Gasteiger partial charge in [-0.05, 0) is 31.5 Å². The summed E-state index contributed by atoms with van der Waals surface area (Å²) in [6, 6.07) is 7.46. The van der Waals surface area contributed by atoms with E-state index in [1.807, 2.05) is 24.3 Å². The molecular weight excluding hydrogens is 228 g/mol. The third-order valence-electron chi connectivity index (χ3n) is 3.73. The highest BCUT2D eigenvalue weighted by atomic mass is 16.5. The van der Waals surface area contributed by atoms with Crippen LogP contribution in [0.3, 0.4) is 0 Å². The van der Waals surface area contributed by atoms with Crippen molar-refractivity contribution in [1.29, 1.82) is 0 Å². The molecule has 0 aromatic heterocycles. The van der Waals surface area contributed by atoms with E-state index in [0.717, 1.165) is 37.4 Å². The van der Waals surface area contributed by atoms with Gasteiger partial charge in [-0.3, -0.25) is 4.79 Å². The summed E-state index contributed by atoms with van der Waals surface area (Å²) in [5, 5.41) is 6.26. The number of methoxy groups -OCH3 is 1. The Labute approximate surface area is 108 Å². The van der Waals surface area contributed by atoms with Crippen molar-refractivity contribution in [3.05, 3.63) is 24.3 Å². The largest absolute Gasteiger partial charge is 0.497 e. The molecule has 1 aromatic carbocycles. The van der Waals surface area contributed by atoms with Crippen LogP contribution in [-0.2, 0) is 4.79 Å². The lowest BCUT2D eigenvalue weighted by molar-refractivity contribution is -0.124. The zero-order chi connectivity index (χ0) is 13.0. The van der Waals surface area contributed by atoms with Gasteiger partial charge in [-0.1, -0.05) is 13.0 Å². The van der Waals surface area contributed by atoms with Gasteiger partial charge in [0.15, 0.2) is 0 Å². The van der Waals surface area contributed by atoms with Gasteiger partial charge in [0.2, 0.25) is 5.91 Å². The standard InChI is InChI=1S/C14H20N2O2/c1-3-14(7-8-15-10-14)13(17)16-11-5-4-6-12(9-11)18-2/h4-6,9,15H,3,7-8,10H2,1-2H3,(H,16,17). The van der Waals surface area contributed by atoms with Gasteiger partial charge in [-0.25, -0.2) is 0 Å². The van der Waals surface area contributed by atoms with E-state index in [9.17, 15) is 4.79 Å². The summed E-state index contributed by atoms with van der Waals surface area (Å²) in [7, 11) is 1.62. The lowest BCUT2D eigenvalue weighted by Gasteiger charge is -2.25. The highest BCUT2D eigenvalue weighted by Crippen LogP contribution is 2.31. The Bertz CT molecular complexity index is 426. The zero-order valence-corrected chi connectivity index (χ0v) is 11.0. The van der Waals surface area contributed by atoms with E-state index >= 15 is 0 Å². The molecular formula is C14H20N2O2. The van der Waals surface area contributed by atoms with Crippen LogP contribution in [0.1, 0.15) is 19.8 Å². The average Bonchev–Trinajstić information content (AvgIpc) is 2.89. The van der Waals surface area contributed by atoms with Crippen LogP contribution in [0.25, 0.3) is 0 Å². The first-order chi connectivity index (χ1) is 8.70. The molecule has 1 aromatic rings. The van der Waals surface area contributed by atoms with Gasteiger partial charge in [0.05, 0.1) is 12.5 Å². The normalized spacial score (nSPS) is 22.8. The number of benzene rings is 1. The third-order valence-corrected chi connectivity index (χ3v) is 3.73. The summed E-state index contributed by atoms with van der Waals surface area (Å²) in [4.78, 5) is 12.4. The molecule has 0 aliphatic carbocycles. The molecule has 0 saturated carbocycles. The minimum absolute atomic E-state index is 0.100. The van der Waals surface area contributed by atoms with Crippen molar-refractivity contribution in [3.63, 3.8) is 0 Å². The average molecular weight is 248 g/mol. The molecule has 1 heterocycles. The first-order valence-electron chi connectivity index (χ1n) is 6.36. The maximum atomic E-state index is 12.4. The van der Waals surface area contributed by atoms with Crippen molar-refractivity contribution >= 4 is 11.6 Å². The minimum Gasteiger partial charge on any atom is -0.497 e. The summed E-state index contributed by atoms with van der Waals surface area (Å²) in [6.07, 6.45) is 1.76. The first-order valence-corrected chi connectivity index (χ1v) is 6.36. The molecule has 98 valence electrons. The highest BCUT2D eigenvalue weighted by molar-refractivity contribution is 5.95. The van der Waals surface area contributed by atoms with E-state index in [0.29, 0.717) is 0 Å². The van der Waals surface area contributed by atoms with Gasteiger partial charge in [-0.15, -0.1) is 0 Å². The Kier molecular flexibility index (Phi) is 3.87. The number of anilines is 1. The molecule has 1 amide bonds. The van der Waals surface area contributed by atoms with Crippen LogP contribution in [0, 0.1) is 5.41 Å². The van der Waals surface area contributed by atoms with Gasteiger partial charge in [0.25, 0.3) is 0 Å². The number of hydrogen-bond acceptors (Lipinski definition) is 3. The Morgan fingerprint density at radius 1 is 1.56 bits per heavy atom. The fourth-order valence-corrected chi connectivity index (χ4v) is 2.36. The molecule has 1 fully saturated rings. The molecule has 1 unspecified atom stereocenters. The Hall–Kier alpha value is -1.55. The van der Waals surface area contributed by atoms with E-state index in [1.54, 1.807) is 7.11 Å².